The molecule has 0 saturated carbocycles. The maximum Gasteiger partial charge on any atom is 0.312 e. The Balaban J connectivity index is 2.36. The fraction of sp³-hybridized carbons (Fsp3) is 0.154. The van der Waals surface area contributed by atoms with Crippen LogP contribution in [0, 0.1) is 10.1 Å². The van der Waals surface area contributed by atoms with Crippen LogP contribution in [-0.4, -0.2) is 24.1 Å². The van der Waals surface area contributed by atoms with E-state index in [0.29, 0.717) is 21.7 Å². The van der Waals surface area contributed by atoms with E-state index in [2.05, 4.69) is 26.2 Å². The van der Waals surface area contributed by atoms with Crippen molar-refractivity contribution in [1.82, 2.24) is 4.98 Å². The first kappa shape index (κ1) is 15.0. The Bertz CT molecular complexity index is 678. The fourth-order valence-electron chi connectivity index (χ4n) is 1.71. The average molecular weight is 354 g/mol. The molecule has 1 aromatic carbocycles. The second kappa shape index (κ2) is 6.40. The van der Waals surface area contributed by atoms with Crippen molar-refractivity contribution in [3.05, 3.63) is 45.0 Å². The summed E-state index contributed by atoms with van der Waals surface area (Å²) in [5, 5.41) is 13.9. The lowest BCUT2D eigenvalue weighted by atomic mass is 10.2. The number of nitrogens with one attached hydrogen (secondary N) is 1. The van der Waals surface area contributed by atoms with Crippen molar-refractivity contribution >= 4 is 33.1 Å². The summed E-state index contributed by atoms with van der Waals surface area (Å²) in [5.74, 6) is 1.24. The van der Waals surface area contributed by atoms with E-state index in [4.69, 9.17) is 9.47 Å². The van der Waals surface area contributed by atoms with E-state index < -0.39 is 4.92 Å². The van der Waals surface area contributed by atoms with Crippen LogP contribution in [0.4, 0.5) is 17.2 Å². The summed E-state index contributed by atoms with van der Waals surface area (Å²) in [6.45, 7) is 0. The van der Waals surface area contributed by atoms with Crippen molar-refractivity contribution in [1.29, 1.82) is 0 Å². The molecule has 21 heavy (non-hydrogen) atoms. The molecule has 2 rings (SSSR count). The SMILES string of the molecule is COc1ccc(Nc2ncc(Br)cc2[N+](=O)[O-])cc1OC. The Morgan fingerprint density at radius 3 is 2.57 bits per heavy atom. The van der Waals surface area contributed by atoms with Crippen LogP contribution in [-0.2, 0) is 0 Å². The molecule has 0 aliphatic rings. The highest BCUT2D eigenvalue weighted by Gasteiger charge is 2.16. The minimum Gasteiger partial charge on any atom is -0.493 e. The number of halogens is 1. The van der Waals surface area contributed by atoms with Crippen LogP contribution in [0.15, 0.2) is 34.9 Å². The van der Waals surface area contributed by atoms with Crippen molar-refractivity contribution in [2.45, 2.75) is 0 Å². The standard InChI is InChI=1S/C13H12BrN3O4/c1-20-11-4-3-9(6-12(11)21-2)16-13-10(17(18)19)5-8(14)7-15-13/h3-7H,1-2H3,(H,15,16). The highest BCUT2D eigenvalue weighted by molar-refractivity contribution is 9.10. The number of anilines is 2. The molecule has 0 aliphatic carbocycles. The van der Waals surface area contributed by atoms with E-state index in [0.717, 1.165) is 0 Å². The molecule has 7 nitrogen and oxygen atoms in total. The normalized spacial score (nSPS) is 10.0. The lowest BCUT2D eigenvalue weighted by Gasteiger charge is -2.11. The minimum absolute atomic E-state index is 0.126. The first-order valence-corrected chi connectivity index (χ1v) is 6.63. The Morgan fingerprint density at radius 2 is 1.95 bits per heavy atom. The zero-order chi connectivity index (χ0) is 15.4. The summed E-state index contributed by atoms with van der Waals surface area (Å²) in [6, 6.07) is 6.48. The molecule has 2 aromatic rings. The minimum atomic E-state index is -0.499. The van der Waals surface area contributed by atoms with Gasteiger partial charge in [-0.25, -0.2) is 4.98 Å². The highest BCUT2D eigenvalue weighted by Crippen LogP contribution is 2.33. The first-order valence-electron chi connectivity index (χ1n) is 5.84. The van der Waals surface area contributed by atoms with Crippen molar-refractivity contribution < 1.29 is 14.4 Å². The van der Waals surface area contributed by atoms with Gasteiger partial charge in [-0.1, -0.05) is 0 Å². The number of methoxy groups -OCH3 is 2. The van der Waals surface area contributed by atoms with Gasteiger partial charge in [0.2, 0.25) is 5.82 Å². The molecular weight excluding hydrogens is 342 g/mol. The topological polar surface area (TPSA) is 86.5 Å². The van der Waals surface area contributed by atoms with Crippen LogP contribution >= 0.6 is 15.9 Å². The number of benzene rings is 1. The zero-order valence-corrected chi connectivity index (χ0v) is 12.9. The molecule has 1 N–H and O–H groups in total. The number of hydrogen-bond donors (Lipinski definition) is 1. The van der Waals surface area contributed by atoms with Crippen LogP contribution in [0.1, 0.15) is 0 Å². The molecule has 0 spiro atoms. The molecule has 0 atom stereocenters. The van der Waals surface area contributed by atoms with E-state index in [1.807, 2.05) is 0 Å². The number of pyridine rings is 1. The van der Waals surface area contributed by atoms with Crippen molar-refractivity contribution in [3.63, 3.8) is 0 Å². The third kappa shape index (κ3) is 3.40. The first-order chi connectivity index (χ1) is 10.0. The van der Waals surface area contributed by atoms with Gasteiger partial charge in [0.25, 0.3) is 0 Å². The average Bonchev–Trinajstić information content (AvgIpc) is 2.48. The molecule has 0 bridgehead atoms. The second-order valence-electron chi connectivity index (χ2n) is 3.97. The van der Waals surface area contributed by atoms with Crippen molar-refractivity contribution in [2.24, 2.45) is 0 Å². The van der Waals surface area contributed by atoms with E-state index >= 15 is 0 Å². The molecule has 0 fully saturated rings. The number of ether oxygens (including phenoxy) is 2. The van der Waals surface area contributed by atoms with Gasteiger partial charge in [-0.2, -0.15) is 0 Å². The summed E-state index contributed by atoms with van der Waals surface area (Å²) in [7, 11) is 3.05. The van der Waals surface area contributed by atoms with E-state index in [1.54, 1.807) is 18.2 Å². The van der Waals surface area contributed by atoms with Gasteiger partial charge in [-0.15, -0.1) is 0 Å². The fourth-order valence-corrected chi connectivity index (χ4v) is 2.03. The Kier molecular flexibility index (Phi) is 4.59. The van der Waals surface area contributed by atoms with Crippen molar-refractivity contribution in [2.75, 3.05) is 19.5 Å². The summed E-state index contributed by atoms with van der Waals surface area (Å²) in [5.41, 5.74) is 0.477. The molecule has 0 radical (unpaired) electrons. The number of hydrogen-bond acceptors (Lipinski definition) is 6. The molecule has 1 aromatic heterocycles. The molecule has 110 valence electrons. The number of nitro groups is 1. The molecule has 0 aliphatic heterocycles. The second-order valence-corrected chi connectivity index (χ2v) is 4.89. The lowest BCUT2D eigenvalue weighted by molar-refractivity contribution is -0.384. The maximum absolute atomic E-state index is 11.0. The maximum atomic E-state index is 11.0. The lowest BCUT2D eigenvalue weighted by Crippen LogP contribution is -2.00. The molecule has 0 amide bonds. The van der Waals surface area contributed by atoms with Gasteiger partial charge >= 0.3 is 5.69 Å². The van der Waals surface area contributed by atoms with Gasteiger partial charge in [0.05, 0.1) is 19.1 Å². The molecular formula is C13H12BrN3O4. The Hall–Kier alpha value is -2.35. The van der Waals surface area contributed by atoms with Gasteiger partial charge in [-0.3, -0.25) is 10.1 Å². The highest BCUT2D eigenvalue weighted by atomic mass is 79.9. The van der Waals surface area contributed by atoms with Crippen molar-refractivity contribution in [3.8, 4) is 11.5 Å². The summed E-state index contributed by atoms with van der Waals surface area (Å²) in [6.07, 6.45) is 1.48. The van der Waals surface area contributed by atoms with Crippen LogP contribution in [0.25, 0.3) is 0 Å². The molecule has 0 unspecified atom stereocenters. The molecule has 1 heterocycles. The number of aromatic nitrogens is 1. The largest absolute Gasteiger partial charge is 0.493 e. The van der Waals surface area contributed by atoms with Gasteiger partial charge in [0, 0.05) is 28.5 Å². The summed E-state index contributed by atoms with van der Waals surface area (Å²) in [4.78, 5) is 14.6. The third-order valence-corrected chi connectivity index (χ3v) is 3.11. The van der Waals surface area contributed by atoms with Gasteiger partial charge < -0.3 is 14.8 Å². The van der Waals surface area contributed by atoms with E-state index in [1.165, 1.54) is 26.5 Å². The monoisotopic (exact) mass is 353 g/mol. The van der Waals surface area contributed by atoms with Crippen LogP contribution in [0.3, 0.4) is 0 Å². The zero-order valence-electron chi connectivity index (χ0n) is 11.3. The van der Waals surface area contributed by atoms with Crippen LogP contribution in [0.5, 0.6) is 11.5 Å². The number of nitrogens with zero attached hydrogens (tertiary/aromatic N) is 2. The molecule has 8 heteroatoms. The van der Waals surface area contributed by atoms with Gasteiger partial charge in [-0.05, 0) is 28.1 Å². The van der Waals surface area contributed by atoms with E-state index in [9.17, 15) is 10.1 Å². The van der Waals surface area contributed by atoms with Crippen LogP contribution < -0.4 is 14.8 Å². The quantitative estimate of drug-likeness (QED) is 0.653. The predicted molar refractivity (Wildman–Crippen MR) is 81.4 cm³/mol. The number of rotatable bonds is 5. The predicted octanol–water partition coefficient (Wildman–Crippen LogP) is 3.51. The van der Waals surface area contributed by atoms with Gasteiger partial charge in [0.1, 0.15) is 0 Å². The van der Waals surface area contributed by atoms with E-state index in [-0.39, 0.29) is 11.5 Å². The van der Waals surface area contributed by atoms with Crippen LogP contribution in [0.2, 0.25) is 0 Å². The summed E-state index contributed by atoms with van der Waals surface area (Å²) < 4.78 is 10.9. The third-order valence-electron chi connectivity index (χ3n) is 2.68. The smallest absolute Gasteiger partial charge is 0.312 e. The Morgan fingerprint density at radius 1 is 1.24 bits per heavy atom. The Labute approximate surface area is 129 Å². The summed E-state index contributed by atoms with van der Waals surface area (Å²) >= 11 is 3.16. The molecule has 0 saturated heterocycles. The van der Waals surface area contributed by atoms with Gasteiger partial charge in [0.15, 0.2) is 11.5 Å².